The summed E-state index contributed by atoms with van der Waals surface area (Å²) in [5.41, 5.74) is 1.59. The Morgan fingerprint density at radius 1 is 1.24 bits per heavy atom. The average molecular weight is 422 g/mol. The maximum absolute atomic E-state index is 13.0. The summed E-state index contributed by atoms with van der Waals surface area (Å²) < 4.78 is 5.28. The van der Waals surface area contributed by atoms with E-state index >= 15 is 0 Å². The van der Waals surface area contributed by atoms with Gasteiger partial charge in [0.2, 0.25) is 11.8 Å². The highest BCUT2D eigenvalue weighted by molar-refractivity contribution is 7.17. The molecule has 1 aromatic heterocycles. The number of esters is 1. The van der Waals surface area contributed by atoms with E-state index in [0.717, 1.165) is 24.8 Å². The maximum Gasteiger partial charge on any atom is 0.341 e. The highest BCUT2D eigenvalue weighted by atomic mass is 32.1. The lowest BCUT2D eigenvalue weighted by Crippen LogP contribution is -2.53. The van der Waals surface area contributed by atoms with Gasteiger partial charge in [-0.15, -0.1) is 11.3 Å². The molecule has 1 fully saturated rings. The van der Waals surface area contributed by atoms with E-state index in [1.165, 1.54) is 16.2 Å². The lowest BCUT2D eigenvalue weighted by atomic mass is 9.88. The third-order valence-electron chi connectivity index (χ3n) is 5.91. The molecule has 7 nitrogen and oxygen atoms in total. The van der Waals surface area contributed by atoms with Crippen LogP contribution < -0.4 is 5.32 Å². The Bertz CT molecular complexity index is 783. The van der Waals surface area contributed by atoms with E-state index in [-0.39, 0.29) is 23.8 Å². The number of rotatable bonds is 5. The lowest BCUT2D eigenvalue weighted by Gasteiger charge is -2.36. The second-order valence-corrected chi connectivity index (χ2v) is 9.09. The van der Waals surface area contributed by atoms with Crippen LogP contribution in [0.1, 0.15) is 54.9 Å². The summed E-state index contributed by atoms with van der Waals surface area (Å²) in [6.07, 6.45) is 2.82. The normalized spacial score (nSPS) is 20.7. The van der Waals surface area contributed by atoms with Crippen molar-refractivity contribution in [3.8, 4) is 0 Å². The number of anilines is 1. The Labute approximate surface area is 176 Å². The Balaban J connectivity index is 1.74. The number of piperazine rings is 1. The minimum Gasteiger partial charge on any atom is -0.462 e. The van der Waals surface area contributed by atoms with Gasteiger partial charge >= 0.3 is 5.97 Å². The molecule has 1 aromatic rings. The van der Waals surface area contributed by atoms with Crippen LogP contribution in [0.4, 0.5) is 5.00 Å². The molecular formula is C21H31N3O4S. The molecule has 0 aromatic carbocycles. The first-order valence-electron chi connectivity index (χ1n) is 10.4. The van der Waals surface area contributed by atoms with Crippen molar-refractivity contribution in [2.75, 3.05) is 38.1 Å². The van der Waals surface area contributed by atoms with Crippen LogP contribution in [0.2, 0.25) is 0 Å². The van der Waals surface area contributed by atoms with Crippen molar-refractivity contribution in [2.45, 2.75) is 53.0 Å². The van der Waals surface area contributed by atoms with Crippen molar-refractivity contribution in [1.29, 1.82) is 0 Å². The van der Waals surface area contributed by atoms with Crippen LogP contribution in [0.5, 0.6) is 0 Å². The molecule has 0 spiro atoms. The first kappa shape index (κ1) is 21.8. The Morgan fingerprint density at radius 3 is 2.55 bits per heavy atom. The van der Waals surface area contributed by atoms with Gasteiger partial charge in [0, 0.05) is 38.0 Å². The summed E-state index contributed by atoms with van der Waals surface area (Å²) >= 11 is 1.51. The number of nitrogens with one attached hydrogen (secondary N) is 1. The number of thiophene rings is 1. The SMILES string of the molecule is CCOC(=O)c1c(NC(=O)[C@@H](C)N2CCN(C(C)=O)CC2)sc2c1CC[C@@H](C)C2. The number of carbonyl (C=O) groups is 3. The van der Waals surface area contributed by atoms with Crippen LogP contribution in [0.25, 0.3) is 0 Å². The van der Waals surface area contributed by atoms with Crippen LogP contribution in [0, 0.1) is 5.92 Å². The molecule has 0 bridgehead atoms. The monoisotopic (exact) mass is 421 g/mol. The molecule has 8 heteroatoms. The molecule has 1 N–H and O–H groups in total. The van der Waals surface area contributed by atoms with Gasteiger partial charge in [-0.05, 0) is 44.6 Å². The molecular weight excluding hydrogens is 390 g/mol. The molecule has 0 radical (unpaired) electrons. The number of ether oxygens (including phenoxy) is 1. The molecule has 160 valence electrons. The van der Waals surface area contributed by atoms with Gasteiger partial charge in [-0.25, -0.2) is 4.79 Å². The van der Waals surface area contributed by atoms with Gasteiger partial charge in [0.15, 0.2) is 0 Å². The number of carbonyl (C=O) groups excluding carboxylic acids is 3. The van der Waals surface area contributed by atoms with Crippen molar-refractivity contribution in [2.24, 2.45) is 5.92 Å². The third kappa shape index (κ3) is 4.80. The maximum atomic E-state index is 13.0. The lowest BCUT2D eigenvalue weighted by molar-refractivity contribution is -0.131. The number of fused-ring (bicyclic) bond motifs is 1. The van der Waals surface area contributed by atoms with E-state index in [9.17, 15) is 14.4 Å². The van der Waals surface area contributed by atoms with Crippen LogP contribution in [-0.4, -0.2) is 66.4 Å². The van der Waals surface area contributed by atoms with Gasteiger partial charge in [-0.2, -0.15) is 0 Å². The minimum atomic E-state index is -0.349. The highest BCUT2D eigenvalue weighted by Gasteiger charge is 2.31. The fourth-order valence-electron chi connectivity index (χ4n) is 4.06. The topological polar surface area (TPSA) is 79.0 Å². The van der Waals surface area contributed by atoms with Crippen LogP contribution in [0.15, 0.2) is 0 Å². The average Bonchev–Trinajstić information content (AvgIpc) is 3.04. The zero-order valence-electron chi connectivity index (χ0n) is 17.7. The largest absolute Gasteiger partial charge is 0.462 e. The van der Waals surface area contributed by atoms with Gasteiger partial charge in [-0.1, -0.05) is 6.92 Å². The van der Waals surface area contributed by atoms with E-state index in [1.54, 1.807) is 18.7 Å². The molecule has 2 heterocycles. The van der Waals surface area contributed by atoms with Crippen LogP contribution in [-0.2, 0) is 27.2 Å². The summed E-state index contributed by atoms with van der Waals surface area (Å²) in [7, 11) is 0. The van der Waals surface area contributed by atoms with E-state index in [2.05, 4.69) is 17.1 Å². The fourth-order valence-corrected chi connectivity index (χ4v) is 5.47. The van der Waals surface area contributed by atoms with E-state index < -0.39 is 0 Å². The number of hydrogen-bond donors (Lipinski definition) is 1. The molecule has 0 unspecified atom stereocenters. The molecule has 29 heavy (non-hydrogen) atoms. The van der Waals surface area contributed by atoms with Crippen molar-refractivity contribution < 1.29 is 19.1 Å². The number of hydrogen-bond acceptors (Lipinski definition) is 6. The summed E-state index contributed by atoms with van der Waals surface area (Å²) in [5, 5.41) is 3.62. The zero-order valence-corrected chi connectivity index (χ0v) is 18.6. The summed E-state index contributed by atoms with van der Waals surface area (Å²) in [6.45, 7) is 10.4. The second kappa shape index (κ2) is 9.26. The third-order valence-corrected chi connectivity index (χ3v) is 7.08. The van der Waals surface area contributed by atoms with E-state index in [4.69, 9.17) is 4.74 Å². The summed E-state index contributed by atoms with van der Waals surface area (Å²) in [4.78, 5) is 42.1. The molecule has 2 aliphatic rings. The highest BCUT2D eigenvalue weighted by Crippen LogP contribution is 2.40. The van der Waals surface area contributed by atoms with E-state index in [1.807, 2.05) is 6.92 Å². The predicted octanol–water partition coefficient (Wildman–Crippen LogP) is 2.54. The van der Waals surface area contributed by atoms with Gasteiger partial charge < -0.3 is 15.0 Å². The zero-order chi connectivity index (χ0) is 21.1. The quantitative estimate of drug-likeness (QED) is 0.739. The Morgan fingerprint density at radius 2 is 1.93 bits per heavy atom. The first-order valence-corrected chi connectivity index (χ1v) is 11.3. The van der Waals surface area contributed by atoms with Crippen LogP contribution in [0.3, 0.4) is 0 Å². The number of amides is 2. The standard InChI is InChI=1S/C21H31N3O4S/c1-5-28-21(27)18-16-7-6-13(2)12-17(16)29-20(18)22-19(26)14(3)23-8-10-24(11-9-23)15(4)25/h13-14H,5-12H2,1-4H3,(H,22,26)/t13-,14-/m1/s1. The molecule has 1 aliphatic carbocycles. The van der Waals surface area contributed by atoms with Gasteiger partial charge in [0.25, 0.3) is 0 Å². The minimum absolute atomic E-state index is 0.0687. The van der Waals surface area contributed by atoms with Crippen LogP contribution >= 0.6 is 11.3 Å². The van der Waals surface area contributed by atoms with Gasteiger partial charge in [0.05, 0.1) is 18.2 Å². The van der Waals surface area contributed by atoms with Gasteiger partial charge in [0.1, 0.15) is 5.00 Å². The smallest absolute Gasteiger partial charge is 0.341 e. The molecule has 0 saturated carbocycles. The van der Waals surface area contributed by atoms with Gasteiger partial charge in [-0.3, -0.25) is 14.5 Å². The molecule has 2 atom stereocenters. The van der Waals surface area contributed by atoms with Crippen molar-refractivity contribution in [3.05, 3.63) is 16.0 Å². The second-order valence-electron chi connectivity index (χ2n) is 7.98. The van der Waals surface area contributed by atoms with Crippen molar-refractivity contribution in [3.63, 3.8) is 0 Å². The molecule has 2 amide bonds. The first-order chi connectivity index (χ1) is 13.8. The summed E-state index contributed by atoms with van der Waals surface area (Å²) in [6, 6.07) is -0.336. The number of nitrogens with zero attached hydrogens (tertiary/aromatic N) is 2. The molecule has 3 rings (SSSR count). The summed E-state index contributed by atoms with van der Waals surface area (Å²) in [5.74, 6) is 0.173. The fraction of sp³-hybridized carbons (Fsp3) is 0.667. The Kier molecular flexibility index (Phi) is 6.95. The molecule has 1 saturated heterocycles. The van der Waals surface area contributed by atoms with Crippen molar-refractivity contribution in [1.82, 2.24) is 9.80 Å². The molecule has 1 aliphatic heterocycles. The van der Waals surface area contributed by atoms with E-state index in [0.29, 0.717) is 49.3 Å². The Hall–Kier alpha value is -1.93. The predicted molar refractivity (Wildman–Crippen MR) is 113 cm³/mol. The van der Waals surface area contributed by atoms with Crippen molar-refractivity contribution >= 4 is 34.1 Å².